The predicted octanol–water partition coefficient (Wildman–Crippen LogP) is 3.34. The molecule has 1 saturated heterocycles. The Bertz CT molecular complexity index is 908. The van der Waals surface area contributed by atoms with E-state index in [0.29, 0.717) is 24.8 Å². The van der Waals surface area contributed by atoms with E-state index in [1.54, 1.807) is 26.0 Å². The van der Waals surface area contributed by atoms with E-state index >= 15 is 0 Å². The first-order chi connectivity index (χ1) is 12.9. The number of amides is 3. The minimum Gasteiger partial charge on any atom is -0.439 e. The molecule has 0 bridgehead atoms. The molecule has 2 aromatic rings. The van der Waals surface area contributed by atoms with E-state index in [0.717, 1.165) is 21.8 Å². The summed E-state index contributed by atoms with van der Waals surface area (Å²) in [4.78, 5) is 29.9. The first kappa shape index (κ1) is 17.5. The fourth-order valence-electron chi connectivity index (χ4n) is 3.45. The van der Waals surface area contributed by atoms with Gasteiger partial charge in [-0.25, -0.2) is 14.7 Å². The van der Waals surface area contributed by atoms with Crippen LogP contribution >= 0.6 is 0 Å². The van der Waals surface area contributed by atoms with Crippen LogP contribution in [0.3, 0.4) is 0 Å². The number of urea groups is 1. The molecule has 1 N–H and O–H groups in total. The lowest BCUT2D eigenvalue weighted by Crippen LogP contribution is -2.40. The number of ether oxygens (including phenoxy) is 2. The molecule has 140 valence electrons. The normalized spacial score (nSPS) is 21.0. The zero-order valence-electron chi connectivity index (χ0n) is 15.5. The summed E-state index contributed by atoms with van der Waals surface area (Å²) in [7, 11) is 0. The van der Waals surface area contributed by atoms with Crippen LogP contribution in [0.25, 0.3) is 0 Å². The van der Waals surface area contributed by atoms with Gasteiger partial charge in [-0.3, -0.25) is 4.79 Å². The second-order valence-electron chi connectivity index (χ2n) is 7.40. The molecular weight excluding hydrogens is 346 g/mol. The smallest absolute Gasteiger partial charge is 0.329 e. The topological polar surface area (TPSA) is 80.8 Å². The molecule has 2 aliphatic rings. The van der Waals surface area contributed by atoms with Crippen molar-refractivity contribution in [2.24, 2.45) is 0 Å². The van der Waals surface area contributed by atoms with Crippen LogP contribution in [0.4, 0.5) is 10.5 Å². The lowest BCUT2D eigenvalue weighted by molar-refractivity contribution is -0.121. The van der Waals surface area contributed by atoms with Crippen LogP contribution in [0, 0.1) is 0 Å². The Balaban J connectivity index is 1.58. The summed E-state index contributed by atoms with van der Waals surface area (Å²) in [5.74, 6) is 1.07. The van der Waals surface area contributed by atoms with Gasteiger partial charge in [0, 0.05) is 17.5 Å². The Kier molecular flexibility index (Phi) is 4.11. The number of benzene rings is 1. The molecule has 0 radical (unpaired) electrons. The lowest BCUT2D eigenvalue weighted by Gasteiger charge is -2.25. The molecule has 1 aromatic heterocycles. The molecule has 7 nitrogen and oxygen atoms in total. The third kappa shape index (κ3) is 3.04. The molecule has 7 heteroatoms. The number of rotatable bonds is 3. The van der Waals surface area contributed by atoms with E-state index < -0.39 is 11.6 Å². The maximum Gasteiger partial charge on any atom is 0.329 e. The van der Waals surface area contributed by atoms with Crippen molar-refractivity contribution in [2.75, 3.05) is 11.5 Å². The predicted molar refractivity (Wildman–Crippen MR) is 98.9 cm³/mol. The summed E-state index contributed by atoms with van der Waals surface area (Å²) < 4.78 is 11.6. The SMILES string of the molecule is CC1COCc2cccc(Oc3ccc(N4C(=O)NC(C)(C)C4=O)cn3)c21. The van der Waals surface area contributed by atoms with Crippen LogP contribution in [0.1, 0.15) is 37.8 Å². The number of nitrogens with zero attached hydrogens (tertiary/aromatic N) is 2. The highest BCUT2D eigenvalue weighted by Gasteiger charge is 2.45. The van der Waals surface area contributed by atoms with Gasteiger partial charge in [0.15, 0.2) is 0 Å². The molecule has 1 fully saturated rings. The van der Waals surface area contributed by atoms with E-state index in [-0.39, 0.29) is 11.8 Å². The summed E-state index contributed by atoms with van der Waals surface area (Å²) in [6, 6.07) is 8.74. The maximum absolute atomic E-state index is 12.4. The van der Waals surface area contributed by atoms with E-state index in [4.69, 9.17) is 9.47 Å². The highest BCUT2D eigenvalue weighted by Crippen LogP contribution is 2.36. The molecular formula is C20H21N3O4. The van der Waals surface area contributed by atoms with Crippen LogP contribution in [0.2, 0.25) is 0 Å². The Labute approximate surface area is 157 Å². The van der Waals surface area contributed by atoms with Gasteiger partial charge in [-0.05, 0) is 31.5 Å². The van der Waals surface area contributed by atoms with Crippen molar-refractivity contribution in [3.63, 3.8) is 0 Å². The van der Waals surface area contributed by atoms with Gasteiger partial charge in [-0.2, -0.15) is 0 Å². The number of nitrogens with one attached hydrogen (secondary N) is 1. The Morgan fingerprint density at radius 1 is 1.26 bits per heavy atom. The zero-order chi connectivity index (χ0) is 19.2. The Hall–Kier alpha value is -2.93. The largest absolute Gasteiger partial charge is 0.439 e. The van der Waals surface area contributed by atoms with Crippen LogP contribution in [-0.2, 0) is 16.1 Å². The molecule has 27 heavy (non-hydrogen) atoms. The average Bonchev–Trinajstić information content (AvgIpc) is 2.83. The fourth-order valence-corrected chi connectivity index (χ4v) is 3.45. The second-order valence-corrected chi connectivity index (χ2v) is 7.40. The summed E-state index contributed by atoms with van der Waals surface area (Å²) in [5, 5.41) is 2.65. The van der Waals surface area contributed by atoms with Gasteiger partial charge in [-0.15, -0.1) is 0 Å². The first-order valence-electron chi connectivity index (χ1n) is 8.87. The third-order valence-electron chi connectivity index (χ3n) is 4.83. The standard InChI is InChI=1S/C20H21N3O4/c1-12-10-26-11-13-5-4-6-15(17(12)13)27-16-8-7-14(9-21-16)23-18(24)20(2,3)22-19(23)25/h4-9,12H,10-11H2,1-3H3,(H,22,25). The average molecular weight is 367 g/mol. The number of aromatic nitrogens is 1. The summed E-state index contributed by atoms with van der Waals surface area (Å²) in [5.41, 5.74) is 1.73. The fraction of sp³-hybridized carbons (Fsp3) is 0.350. The maximum atomic E-state index is 12.4. The van der Waals surface area contributed by atoms with Gasteiger partial charge >= 0.3 is 6.03 Å². The molecule has 1 unspecified atom stereocenters. The summed E-state index contributed by atoms with van der Waals surface area (Å²) >= 11 is 0. The Morgan fingerprint density at radius 2 is 2.07 bits per heavy atom. The molecule has 1 aromatic carbocycles. The zero-order valence-corrected chi connectivity index (χ0v) is 15.5. The number of hydrogen-bond acceptors (Lipinski definition) is 5. The van der Waals surface area contributed by atoms with Crippen molar-refractivity contribution in [1.29, 1.82) is 0 Å². The monoisotopic (exact) mass is 367 g/mol. The van der Waals surface area contributed by atoms with Gasteiger partial charge in [-0.1, -0.05) is 19.1 Å². The van der Waals surface area contributed by atoms with Crippen LogP contribution in [-0.4, -0.2) is 29.1 Å². The van der Waals surface area contributed by atoms with E-state index in [9.17, 15) is 9.59 Å². The molecule has 1 atom stereocenters. The van der Waals surface area contributed by atoms with Gasteiger partial charge in [0.1, 0.15) is 11.3 Å². The molecule has 2 aliphatic heterocycles. The minimum atomic E-state index is -0.923. The number of hydrogen-bond donors (Lipinski definition) is 1. The number of imide groups is 1. The number of pyridine rings is 1. The Morgan fingerprint density at radius 3 is 2.74 bits per heavy atom. The lowest BCUT2D eigenvalue weighted by atomic mass is 9.93. The molecule has 0 spiro atoms. The number of carbonyl (C=O) groups excluding carboxylic acids is 2. The molecule has 0 saturated carbocycles. The van der Waals surface area contributed by atoms with Crippen molar-refractivity contribution in [2.45, 2.75) is 38.8 Å². The molecule has 3 amide bonds. The number of carbonyl (C=O) groups is 2. The summed E-state index contributed by atoms with van der Waals surface area (Å²) in [6.45, 7) is 6.66. The van der Waals surface area contributed by atoms with Gasteiger partial charge < -0.3 is 14.8 Å². The molecule has 0 aliphatic carbocycles. The highest BCUT2D eigenvalue weighted by atomic mass is 16.5. The van der Waals surface area contributed by atoms with E-state index in [2.05, 4.69) is 17.2 Å². The molecule has 3 heterocycles. The highest BCUT2D eigenvalue weighted by molar-refractivity contribution is 6.22. The first-order valence-corrected chi connectivity index (χ1v) is 8.87. The van der Waals surface area contributed by atoms with Crippen molar-refractivity contribution >= 4 is 17.6 Å². The second kappa shape index (κ2) is 6.35. The van der Waals surface area contributed by atoms with E-state index in [1.165, 1.54) is 6.20 Å². The number of fused-ring (bicyclic) bond motifs is 1. The third-order valence-corrected chi connectivity index (χ3v) is 4.83. The van der Waals surface area contributed by atoms with Crippen LogP contribution < -0.4 is 15.0 Å². The van der Waals surface area contributed by atoms with Crippen molar-refractivity contribution in [3.8, 4) is 11.6 Å². The van der Waals surface area contributed by atoms with Gasteiger partial charge in [0.25, 0.3) is 5.91 Å². The van der Waals surface area contributed by atoms with E-state index in [1.807, 2.05) is 18.2 Å². The quantitative estimate of drug-likeness (QED) is 0.842. The summed E-state index contributed by atoms with van der Waals surface area (Å²) in [6.07, 6.45) is 1.47. The molecule has 4 rings (SSSR count). The van der Waals surface area contributed by atoms with Crippen LogP contribution in [0.15, 0.2) is 36.5 Å². The van der Waals surface area contributed by atoms with Crippen LogP contribution in [0.5, 0.6) is 11.6 Å². The van der Waals surface area contributed by atoms with Crippen molar-refractivity contribution in [3.05, 3.63) is 47.7 Å². The van der Waals surface area contributed by atoms with Crippen molar-refractivity contribution in [1.82, 2.24) is 10.3 Å². The minimum absolute atomic E-state index is 0.234. The van der Waals surface area contributed by atoms with Gasteiger partial charge in [0.05, 0.1) is 25.1 Å². The number of anilines is 1. The van der Waals surface area contributed by atoms with Gasteiger partial charge in [0.2, 0.25) is 5.88 Å². The van der Waals surface area contributed by atoms with Crippen molar-refractivity contribution < 1.29 is 19.1 Å².